The lowest BCUT2D eigenvalue weighted by Gasteiger charge is -2.32. The van der Waals surface area contributed by atoms with Gasteiger partial charge in [-0.25, -0.2) is 0 Å². The number of halogens is 1. The van der Waals surface area contributed by atoms with Crippen LogP contribution in [-0.4, -0.2) is 17.9 Å². The van der Waals surface area contributed by atoms with Gasteiger partial charge in [0.1, 0.15) is 0 Å². The van der Waals surface area contributed by atoms with Crippen LogP contribution in [0.3, 0.4) is 0 Å². The summed E-state index contributed by atoms with van der Waals surface area (Å²) in [6, 6.07) is 6.15. The first-order valence-corrected chi connectivity index (χ1v) is 8.30. The fraction of sp³-hybridized carbons (Fsp3) is 0.412. The van der Waals surface area contributed by atoms with E-state index in [1.165, 1.54) is 12.0 Å². The molecule has 2 aromatic rings. The zero-order chi connectivity index (χ0) is 14.6. The van der Waals surface area contributed by atoms with Crippen LogP contribution in [0.25, 0.3) is 10.9 Å². The average molecular weight is 345 g/mol. The molecule has 1 aliphatic heterocycles. The molecule has 1 amide bonds. The molecule has 4 heteroatoms. The standard InChI is InChI=1S/C17H17BrN2O/c1-20-14-10-19-13-6-5-11(18)9-12(13)15(14)17(16(20)21)7-3-2-4-8-17/h5-6,9-10H,2-4,7-8H2,1H3. The van der Waals surface area contributed by atoms with Crippen molar-refractivity contribution in [3.63, 3.8) is 0 Å². The summed E-state index contributed by atoms with van der Waals surface area (Å²) in [7, 11) is 1.88. The van der Waals surface area contributed by atoms with Crippen molar-refractivity contribution in [1.82, 2.24) is 4.98 Å². The highest BCUT2D eigenvalue weighted by Crippen LogP contribution is 2.51. The number of likely N-dealkylation sites (N-methyl/N-ethyl adjacent to an activating group) is 1. The maximum Gasteiger partial charge on any atom is 0.237 e. The molecule has 1 aromatic carbocycles. The largest absolute Gasteiger partial charge is 0.313 e. The maximum atomic E-state index is 13.0. The van der Waals surface area contributed by atoms with Gasteiger partial charge in [0.05, 0.1) is 22.8 Å². The molecular formula is C17H17BrN2O. The number of fused-ring (bicyclic) bond motifs is 4. The normalized spacial score (nSPS) is 20.3. The molecule has 2 aliphatic rings. The minimum absolute atomic E-state index is 0.256. The summed E-state index contributed by atoms with van der Waals surface area (Å²) >= 11 is 3.56. The second-order valence-corrected chi connectivity index (χ2v) is 7.10. The fourth-order valence-electron chi connectivity index (χ4n) is 4.07. The summed E-state index contributed by atoms with van der Waals surface area (Å²) in [5, 5.41) is 1.13. The SMILES string of the molecule is CN1C(=O)C2(CCCCC2)c2c1cnc1ccc(Br)cc21. The Morgan fingerprint density at radius 3 is 2.76 bits per heavy atom. The smallest absolute Gasteiger partial charge is 0.237 e. The lowest BCUT2D eigenvalue weighted by atomic mass is 9.69. The van der Waals surface area contributed by atoms with Crippen molar-refractivity contribution < 1.29 is 4.79 Å². The van der Waals surface area contributed by atoms with Gasteiger partial charge in [-0.2, -0.15) is 0 Å². The van der Waals surface area contributed by atoms with E-state index in [0.717, 1.165) is 46.7 Å². The third-order valence-electron chi connectivity index (χ3n) is 5.07. The summed E-state index contributed by atoms with van der Waals surface area (Å²) in [6.45, 7) is 0. The van der Waals surface area contributed by atoms with Crippen LogP contribution >= 0.6 is 15.9 Å². The molecule has 0 N–H and O–H groups in total. The monoisotopic (exact) mass is 344 g/mol. The number of amides is 1. The molecule has 108 valence electrons. The Morgan fingerprint density at radius 2 is 2.00 bits per heavy atom. The molecule has 0 saturated heterocycles. The van der Waals surface area contributed by atoms with Crippen LogP contribution in [0.5, 0.6) is 0 Å². The molecule has 1 spiro atoms. The van der Waals surface area contributed by atoms with Gasteiger partial charge in [-0.05, 0) is 31.0 Å². The van der Waals surface area contributed by atoms with E-state index in [2.05, 4.69) is 27.0 Å². The topological polar surface area (TPSA) is 33.2 Å². The van der Waals surface area contributed by atoms with Gasteiger partial charge in [-0.3, -0.25) is 9.78 Å². The number of hydrogen-bond acceptors (Lipinski definition) is 2. The van der Waals surface area contributed by atoms with Gasteiger partial charge < -0.3 is 4.90 Å². The van der Waals surface area contributed by atoms with Crippen LogP contribution < -0.4 is 4.90 Å². The maximum absolute atomic E-state index is 13.0. The highest BCUT2D eigenvalue weighted by atomic mass is 79.9. The molecule has 4 rings (SSSR count). The highest BCUT2D eigenvalue weighted by Gasteiger charge is 2.50. The van der Waals surface area contributed by atoms with E-state index >= 15 is 0 Å². The van der Waals surface area contributed by atoms with Crippen molar-refractivity contribution in [3.05, 3.63) is 34.4 Å². The van der Waals surface area contributed by atoms with E-state index in [4.69, 9.17) is 0 Å². The Hall–Kier alpha value is -1.42. The second kappa shape index (κ2) is 4.54. The first kappa shape index (κ1) is 13.3. The second-order valence-electron chi connectivity index (χ2n) is 6.19. The first-order chi connectivity index (χ1) is 10.1. The Morgan fingerprint density at radius 1 is 1.24 bits per heavy atom. The van der Waals surface area contributed by atoms with Gasteiger partial charge >= 0.3 is 0 Å². The molecule has 1 aliphatic carbocycles. The Kier molecular flexibility index (Phi) is 2.86. The Bertz CT molecular complexity index is 750. The van der Waals surface area contributed by atoms with E-state index < -0.39 is 0 Å². The molecule has 21 heavy (non-hydrogen) atoms. The van der Waals surface area contributed by atoms with Crippen molar-refractivity contribution in [2.24, 2.45) is 0 Å². The minimum atomic E-state index is -0.315. The van der Waals surface area contributed by atoms with Crippen molar-refractivity contribution >= 4 is 38.4 Å². The molecule has 1 fully saturated rings. The van der Waals surface area contributed by atoms with Gasteiger partial charge in [-0.15, -0.1) is 0 Å². The predicted octanol–water partition coefficient (Wildman–Crippen LogP) is 4.18. The van der Waals surface area contributed by atoms with Crippen LogP contribution in [-0.2, 0) is 10.2 Å². The third-order valence-corrected chi connectivity index (χ3v) is 5.56. The van der Waals surface area contributed by atoms with Crippen molar-refractivity contribution in [2.45, 2.75) is 37.5 Å². The number of anilines is 1. The molecule has 0 radical (unpaired) electrons. The van der Waals surface area contributed by atoms with E-state index in [0.29, 0.717) is 0 Å². The summed E-state index contributed by atoms with van der Waals surface area (Å²) in [5.74, 6) is 0.256. The van der Waals surface area contributed by atoms with E-state index in [1.807, 2.05) is 30.3 Å². The number of hydrogen-bond donors (Lipinski definition) is 0. The number of aromatic nitrogens is 1. The zero-order valence-electron chi connectivity index (χ0n) is 12.0. The van der Waals surface area contributed by atoms with Crippen molar-refractivity contribution in [1.29, 1.82) is 0 Å². The Balaban J connectivity index is 2.07. The van der Waals surface area contributed by atoms with E-state index in [-0.39, 0.29) is 11.3 Å². The molecule has 0 bridgehead atoms. The molecule has 0 atom stereocenters. The highest BCUT2D eigenvalue weighted by molar-refractivity contribution is 9.10. The van der Waals surface area contributed by atoms with E-state index in [9.17, 15) is 4.79 Å². The van der Waals surface area contributed by atoms with Gasteiger partial charge in [0.25, 0.3) is 0 Å². The molecular weight excluding hydrogens is 328 g/mol. The number of pyridine rings is 1. The van der Waals surface area contributed by atoms with Crippen LogP contribution in [0.4, 0.5) is 5.69 Å². The van der Waals surface area contributed by atoms with Crippen LogP contribution in [0.15, 0.2) is 28.9 Å². The van der Waals surface area contributed by atoms with Crippen molar-refractivity contribution in [2.75, 3.05) is 11.9 Å². The fourth-order valence-corrected chi connectivity index (χ4v) is 4.43. The molecule has 0 unspecified atom stereocenters. The third kappa shape index (κ3) is 1.71. The first-order valence-electron chi connectivity index (χ1n) is 7.50. The predicted molar refractivity (Wildman–Crippen MR) is 87.6 cm³/mol. The molecule has 1 saturated carbocycles. The van der Waals surface area contributed by atoms with Crippen LogP contribution in [0.2, 0.25) is 0 Å². The lowest BCUT2D eigenvalue weighted by molar-refractivity contribution is -0.124. The van der Waals surface area contributed by atoms with E-state index in [1.54, 1.807) is 0 Å². The summed E-state index contributed by atoms with van der Waals surface area (Å²) in [5.41, 5.74) is 2.86. The number of carbonyl (C=O) groups excluding carboxylic acids is 1. The van der Waals surface area contributed by atoms with Gasteiger partial charge in [0, 0.05) is 22.5 Å². The van der Waals surface area contributed by atoms with Crippen LogP contribution in [0.1, 0.15) is 37.7 Å². The molecule has 3 nitrogen and oxygen atoms in total. The summed E-state index contributed by atoms with van der Waals surface area (Å²) in [4.78, 5) is 19.3. The quantitative estimate of drug-likeness (QED) is 0.718. The summed E-state index contributed by atoms with van der Waals surface area (Å²) < 4.78 is 1.04. The number of nitrogens with zero attached hydrogens (tertiary/aromatic N) is 2. The number of benzene rings is 1. The molecule has 1 aromatic heterocycles. The van der Waals surface area contributed by atoms with Gasteiger partial charge in [0.2, 0.25) is 5.91 Å². The zero-order valence-corrected chi connectivity index (χ0v) is 13.6. The van der Waals surface area contributed by atoms with Gasteiger partial charge in [0.15, 0.2) is 0 Å². The van der Waals surface area contributed by atoms with Crippen LogP contribution in [0, 0.1) is 0 Å². The average Bonchev–Trinajstić information content (AvgIpc) is 2.71. The lowest BCUT2D eigenvalue weighted by Crippen LogP contribution is -2.40. The van der Waals surface area contributed by atoms with Gasteiger partial charge in [-0.1, -0.05) is 35.2 Å². The summed E-state index contributed by atoms with van der Waals surface area (Å²) in [6.07, 6.45) is 7.31. The number of rotatable bonds is 0. The van der Waals surface area contributed by atoms with Crippen molar-refractivity contribution in [3.8, 4) is 0 Å². The number of carbonyl (C=O) groups is 1. The Labute approximate surface area is 132 Å². The molecule has 2 heterocycles. The minimum Gasteiger partial charge on any atom is -0.313 e.